The number of rotatable bonds is 5. The molecule has 0 atom stereocenters. The fraction of sp³-hybridized carbons (Fsp3) is 0.400. The molecule has 2 N–H and O–H groups in total. The molecular weight excluding hydrogens is 256 g/mol. The Morgan fingerprint density at radius 3 is 2.93 bits per heavy atom. The van der Waals surface area contributed by atoms with Gasteiger partial charge in [-0.3, -0.25) is 5.41 Å². The smallest absolute Gasteiger partial charge is 0.103 e. The van der Waals surface area contributed by atoms with Crippen LogP contribution in [0.1, 0.15) is 12.6 Å². The normalized spacial score (nSPS) is 11.5. The Kier molecular flexibility index (Phi) is 4.55. The van der Waals surface area contributed by atoms with Gasteiger partial charge in [-0.2, -0.15) is 0 Å². The molecule has 1 heterocycles. The molecule has 0 spiro atoms. The predicted molar refractivity (Wildman–Crippen MR) is 65.4 cm³/mol. The standard InChI is InChI=1S/C10H15BrN4/c1-3-9-6-15(7-14-9)5-8(4-13-2)10(11)12/h4,6-7,12-13H,3,5H2,1-2H3/b8-4-,12-10?. The van der Waals surface area contributed by atoms with E-state index in [1.165, 1.54) is 0 Å². The molecule has 1 rings (SSSR count). The Balaban J connectivity index is 2.74. The Bertz CT molecular complexity index is 367. The number of allylic oxidation sites excluding steroid dienone is 1. The van der Waals surface area contributed by atoms with Crippen molar-refractivity contribution >= 4 is 20.6 Å². The van der Waals surface area contributed by atoms with Gasteiger partial charge < -0.3 is 9.88 Å². The molecule has 0 amide bonds. The molecule has 4 nitrogen and oxygen atoms in total. The predicted octanol–water partition coefficient (Wildman–Crippen LogP) is 1.92. The molecule has 0 aromatic carbocycles. The summed E-state index contributed by atoms with van der Waals surface area (Å²) >= 11 is 3.16. The second-order valence-electron chi connectivity index (χ2n) is 3.16. The van der Waals surface area contributed by atoms with Crippen LogP contribution < -0.4 is 5.32 Å². The topological polar surface area (TPSA) is 53.7 Å². The van der Waals surface area contributed by atoms with Crippen molar-refractivity contribution in [3.63, 3.8) is 0 Å². The van der Waals surface area contributed by atoms with Gasteiger partial charge in [0.15, 0.2) is 0 Å². The molecule has 0 radical (unpaired) electrons. The summed E-state index contributed by atoms with van der Waals surface area (Å²) < 4.78 is 2.36. The van der Waals surface area contributed by atoms with Crippen LogP contribution in [0.25, 0.3) is 0 Å². The van der Waals surface area contributed by atoms with Gasteiger partial charge in [-0.05, 0) is 22.4 Å². The van der Waals surface area contributed by atoms with Crippen LogP contribution >= 0.6 is 15.9 Å². The number of nitrogens with one attached hydrogen (secondary N) is 2. The monoisotopic (exact) mass is 270 g/mol. The quantitative estimate of drug-likeness (QED) is 0.804. The average molecular weight is 271 g/mol. The number of hydrogen-bond acceptors (Lipinski definition) is 3. The van der Waals surface area contributed by atoms with E-state index < -0.39 is 0 Å². The van der Waals surface area contributed by atoms with Crippen LogP contribution in [0.5, 0.6) is 0 Å². The lowest BCUT2D eigenvalue weighted by Crippen LogP contribution is -2.07. The van der Waals surface area contributed by atoms with Crippen molar-refractivity contribution < 1.29 is 0 Å². The molecule has 5 heteroatoms. The molecule has 0 aliphatic carbocycles. The van der Waals surface area contributed by atoms with Crippen molar-refractivity contribution in [2.75, 3.05) is 7.05 Å². The molecule has 82 valence electrons. The molecule has 0 saturated carbocycles. The Labute approximate surface area is 98.0 Å². The minimum Gasteiger partial charge on any atom is -0.394 e. The molecule has 0 aliphatic rings. The fourth-order valence-corrected chi connectivity index (χ4v) is 1.46. The van der Waals surface area contributed by atoms with E-state index >= 15 is 0 Å². The largest absolute Gasteiger partial charge is 0.394 e. The lowest BCUT2D eigenvalue weighted by molar-refractivity contribution is 0.796. The van der Waals surface area contributed by atoms with E-state index in [1.54, 1.807) is 6.33 Å². The third-order valence-electron chi connectivity index (χ3n) is 2.00. The molecule has 1 aromatic rings. The summed E-state index contributed by atoms with van der Waals surface area (Å²) in [5.74, 6) is 0. The summed E-state index contributed by atoms with van der Waals surface area (Å²) in [7, 11) is 1.82. The molecule has 15 heavy (non-hydrogen) atoms. The van der Waals surface area contributed by atoms with Gasteiger partial charge in [-0.25, -0.2) is 4.98 Å². The molecule has 0 saturated heterocycles. The highest BCUT2D eigenvalue weighted by molar-refractivity contribution is 9.18. The first-order chi connectivity index (χ1) is 7.17. The van der Waals surface area contributed by atoms with Crippen molar-refractivity contribution in [3.05, 3.63) is 30.0 Å². The third kappa shape index (κ3) is 3.51. The van der Waals surface area contributed by atoms with E-state index in [4.69, 9.17) is 5.41 Å². The number of aryl methyl sites for hydroxylation is 1. The minimum absolute atomic E-state index is 0.392. The number of halogens is 1. The third-order valence-corrected chi connectivity index (χ3v) is 2.51. The van der Waals surface area contributed by atoms with Crippen LogP contribution in [0.2, 0.25) is 0 Å². The number of hydrogen-bond donors (Lipinski definition) is 2. The van der Waals surface area contributed by atoms with Crippen molar-refractivity contribution in [3.8, 4) is 0 Å². The summed E-state index contributed by atoms with van der Waals surface area (Å²) in [6.07, 6.45) is 6.53. The van der Waals surface area contributed by atoms with E-state index in [1.807, 2.05) is 24.0 Å². The van der Waals surface area contributed by atoms with E-state index in [0.29, 0.717) is 11.2 Å². The maximum atomic E-state index is 7.53. The summed E-state index contributed by atoms with van der Waals surface area (Å²) in [5, 5.41) is 10.5. The first kappa shape index (κ1) is 12.0. The van der Waals surface area contributed by atoms with Gasteiger partial charge in [0.1, 0.15) is 4.62 Å². The van der Waals surface area contributed by atoms with Crippen LogP contribution in [0.4, 0.5) is 0 Å². The first-order valence-corrected chi connectivity index (χ1v) is 5.58. The van der Waals surface area contributed by atoms with Crippen molar-refractivity contribution in [2.24, 2.45) is 0 Å². The molecule has 1 aromatic heterocycles. The minimum atomic E-state index is 0.392. The molecule has 0 aliphatic heterocycles. The van der Waals surface area contributed by atoms with Gasteiger partial charge in [0.25, 0.3) is 0 Å². The maximum absolute atomic E-state index is 7.53. The van der Waals surface area contributed by atoms with Crippen LogP contribution in [0.15, 0.2) is 24.3 Å². The van der Waals surface area contributed by atoms with Gasteiger partial charge >= 0.3 is 0 Å². The van der Waals surface area contributed by atoms with E-state index in [0.717, 1.165) is 17.7 Å². The maximum Gasteiger partial charge on any atom is 0.103 e. The Morgan fingerprint density at radius 1 is 1.73 bits per heavy atom. The lowest BCUT2D eigenvalue weighted by atomic mass is 10.3. The SMILES string of the molecule is CCc1cn(C/C(=C/NC)C(=N)Br)cn1. The highest BCUT2D eigenvalue weighted by atomic mass is 79.9. The molecule has 0 fully saturated rings. The van der Waals surface area contributed by atoms with Crippen molar-refractivity contribution in [2.45, 2.75) is 19.9 Å². The summed E-state index contributed by atoms with van der Waals surface area (Å²) in [6.45, 7) is 2.72. The van der Waals surface area contributed by atoms with Crippen LogP contribution in [-0.2, 0) is 13.0 Å². The molecular formula is C10H15BrN4. The van der Waals surface area contributed by atoms with Gasteiger partial charge in [0.2, 0.25) is 0 Å². The number of aromatic nitrogens is 2. The van der Waals surface area contributed by atoms with Gasteiger partial charge in [-0.1, -0.05) is 6.92 Å². The average Bonchev–Trinajstić information content (AvgIpc) is 2.65. The van der Waals surface area contributed by atoms with Crippen LogP contribution in [0.3, 0.4) is 0 Å². The highest BCUT2D eigenvalue weighted by Crippen LogP contribution is 2.07. The highest BCUT2D eigenvalue weighted by Gasteiger charge is 2.03. The second kappa shape index (κ2) is 5.70. The summed E-state index contributed by atoms with van der Waals surface area (Å²) in [4.78, 5) is 4.24. The van der Waals surface area contributed by atoms with Gasteiger partial charge in [0.05, 0.1) is 18.6 Å². The Hall–Kier alpha value is -1.10. The number of nitrogens with zero attached hydrogens (tertiary/aromatic N) is 2. The van der Waals surface area contributed by atoms with Crippen molar-refractivity contribution in [1.29, 1.82) is 5.41 Å². The van der Waals surface area contributed by atoms with Crippen LogP contribution in [-0.4, -0.2) is 21.2 Å². The van der Waals surface area contributed by atoms with Gasteiger partial charge in [0, 0.05) is 25.0 Å². The first-order valence-electron chi connectivity index (χ1n) is 4.78. The molecule has 0 bridgehead atoms. The van der Waals surface area contributed by atoms with Crippen molar-refractivity contribution in [1.82, 2.24) is 14.9 Å². The zero-order valence-corrected chi connectivity index (χ0v) is 10.5. The van der Waals surface area contributed by atoms with Crippen LogP contribution in [0, 0.1) is 5.41 Å². The lowest BCUT2D eigenvalue weighted by Gasteiger charge is -2.05. The second-order valence-corrected chi connectivity index (χ2v) is 3.96. The zero-order valence-electron chi connectivity index (χ0n) is 8.92. The van der Waals surface area contributed by atoms with E-state index in [9.17, 15) is 0 Å². The van der Waals surface area contributed by atoms with E-state index in [-0.39, 0.29) is 0 Å². The summed E-state index contributed by atoms with van der Waals surface area (Å²) in [6, 6.07) is 0. The van der Waals surface area contributed by atoms with Gasteiger partial charge in [-0.15, -0.1) is 0 Å². The fourth-order valence-electron chi connectivity index (χ4n) is 1.22. The zero-order chi connectivity index (χ0) is 11.3. The summed E-state index contributed by atoms with van der Waals surface area (Å²) in [5.41, 5.74) is 1.96. The molecule has 0 unspecified atom stereocenters. The Morgan fingerprint density at radius 2 is 2.47 bits per heavy atom. The van der Waals surface area contributed by atoms with E-state index in [2.05, 4.69) is 33.2 Å². The number of imidazole rings is 1.